The normalized spacial score (nSPS) is 10.9. The van der Waals surface area contributed by atoms with E-state index in [1.807, 2.05) is 23.6 Å². The van der Waals surface area contributed by atoms with Gasteiger partial charge in [0.05, 0.1) is 35.7 Å². The van der Waals surface area contributed by atoms with Crippen molar-refractivity contribution in [2.45, 2.75) is 20.5 Å². The third-order valence-electron chi connectivity index (χ3n) is 3.69. The van der Waals surface area contributed by atoms with Crippen LogP contribution in [-0.4, -0.2) is 32.4 Å². The van der Waals surface area contributed by atoms with E-state index in [1.165, 1.54) is 17.5 Å². The molecule has 0 aliphatic rings. The van der Waals surface area contributed by atoms with Gasteiger partial charge in [0.25, 0.3) is 0 Å². The molecule has 25 heavy (non-hydrogen) atoms. The molecule has 1 N–H and O–H groups in total. The minimum Gasteiger partial charge on any atom is -0.462 e. The van der Waals surface area contributed by atoms with Crippen LogP contribution >= 0.6 is 27.3 Å². The van der Waals surface area contributed by atoms with Crippen LogP contribution in [0.15, 0.2) is 34.2 Å². The Morgan fingerprint density at radius 3 is 2.96 bits per heavy atom. The van der Waals surface area contributed by atoms with Crippen LogP contribution in [0.2, 0.25) is 0 Å². The average molecular weight is 422 g/mol. The monoisotopic (exact) mass is 421 g/mol. The predicted octanol–water partition coefficient (Wildman–Crippen LogP) is 3.74. The van der Waals surface area contributed by atoms with E-state index < -0.39 is 5.97 Å². The van der Waals surface area contributed by atoms with Crippen molar-refractivity contribution in [3.8, 4) is 16.4 Å². The van der Waals surface area contributed by atoms with Crippen LogP contribution < -0.4 is 0 Å². The standard InChI is InChI=1S/C17H16BrN3O3S/c1-3-24-17(23)11-7-19-21(10(11)2)15-6-4-5-14(20-15)16-12(8-22)13(18)9-25-16/h4-7,9,22H,3,8H2,1-2H3. The molecule has 0 unspecified atom stereocenters. The third-order valence-corrected chi connectivity index (χ3v) is 5.75. The van der Waals surface area contributed by atoms with Crippen molar-refractivity contribution >= 4 is 33.2 Å². The molecule has 0 aliphatic heterocycles. The van der Waals surface area contributed by atoms with Gasteiger partial charge in [-0.2, -0.15) is 5.10 Å². The number of aliphatic hydroxyl groups is 1. The zero-order valence-corrected chi connectivity index (χ0v) is 16.1. The molecule has 0 saturated carbocycles. The molecule has 0 aliphatic carbocycles. The second-order valence-electron chi connectivity index (χ2n) is 5.21. The summed E-state index contributed by atoms with van der Waals surface area (Å²) >= 11 is 4.94. The first-order valence-corrected chi connectivity index (χ1v) is 9.30. The summed E-state index contributed by atoms with van der Waals surface area (Å²) in [5, 5.41) is 15.8. The Hall–Kier alpha value is -2.03. The molecule has 6 nitrogen and oxygen atoms in total. The largest absolute Gasteiger partial charge is 0.462 e. The molecule has 0 atom stereocenters. The molecule has 0 radical (unpaired) electrons. The van der Waals surface area contributed by atoms with Crippen LogP contribution in [0.4, 0.5) is 0 Å². The highest BCUT2D eigenvalue weighted by atomic mass is 79.9. The highest BCUT2D eigenvalue weighted by molar-refractivity contribution is 9.10. The number of carbonyl (C=O) groups excluding carboxylic acids is 1. The molecular weight excluding hydrogens is 406 g/mol. The Morgan fingerprint density at radius 1 is 1.44 bits per heavy atom. The van der Waals surface area contributed by atoms with E-state index in [2.05, 4.69) is 26.0 Å². The predicted molar refractivity (Wildman–Crippen MR) is 99.0 cm³/mol. The number of pyridine rings is 1. The maximum Gasteiger partial charge on any atom is 0.341 e. The summed E-state index contributed by atoms with van der Waals surface area (Å²) in [5.41, 5.74) is 2.63. The Labute approximate surface area is 157 Å². The molecule has 0 amide bonds. The zero-order valence-electron chi connectivity index (χ0n) is 13.7. The van der Waals surface area contributed by atoms with E-state index in [9.17, 15) is 9.90 Å². The molecule has 0 fully saturated rings. The molecule has 3 rings (SSSR count). The molecule has 0 aromatic carbocycles. The molecule has 130 valence electrons. The first kappa shape index (κ1) is 17.8. The van der Waals surface area contributed by atoms with Crippen molar-refractivity contribution in [1.29, 1.82) is 0 Å². The van der Waals surface area contributed by atoms with E-state index >= 15 is 0 Å². The molecule has 0 spiro atoms. The van der Waals surface area contributed by atoms with E-state index in [4.69, 9.17) is 4.74 Å². The number of aromatic nitrogens is 3. The van der Waals surface area contributed by atoms with Crippen LogP contribution in [0.25, 0.3) is 16.4 Å². The number of esters is 1. The van der Waals surface area contributed by atoms with Gasteiger partial charge in [0.15, 0.2) is 5.82 Å². The molecular formula is C17H16BrN3O3S. The number of rotatable bonds is 5. The highest BCUT2D eigenvalue weighted by Gasteiger charge is 2.18. The number of hydrogen-bond acceptors (Lipinski definition) is 6. The maximum atomic E-state index is 12.0. The number of carbonyl (C=O) groups is 1. The maximum absolute atomic E-state index is 12.0. The summed E-state index contributed by atoms with van der Waals surface area (Å²) < 4.78 is 7.51. The van der Waals surface area contributed by atoms with Crippen molar-refractivity contribution < 1.29 is 14.6 Å². The topological polar surface area (TPSA) is 77.2 Å². The van der Waals surface area contributed by atoms with Gasteiger partial charge in [-0.1, -0.05) is 6.07 Å². The lowest BCUT2D eigenvalue weighted by molar-refractivity contribution is 0.0525. The van der Waals surface area contributed by atoms with Gasteiger partial charge in [-0.3, -0.25) is 0 Å². The van der Waals surface area contributed by atoms with Crippen LogP contribution in [0, 0.1) is 6.92 Å². The molecule has 3 aromatic heterocycles. The summed E-state index contributed by atoms with van der Waals surface area (Å²) in [7, 11) is 0. The molecule has 8 heteroatoms. The summed E-state index contributed by atoms with van der Waals surface area (Å²) in [6, 6.07) is 5.57. The fourth-order valence-corrected chi connectivity index (χ4v) is 4.09. The van der Waals surface area contributed by atoms with Gasteiger partial charge in [0, 0.05) is 15.4 Å². The van der Waals surface area contributed by atoms with Crippen LogP contribution in [-0.2, 0) is 11.3 Å². The summed E-state index contributed by atoms with van der Waals surface area (Å²) in [5.74, 6) is 0.200. The SMILES string of the molecule is CCOC(=O)c1cnn(-c2cccc(-c3scc(Br)c3CO)n2)c1C. The molecule has 3 aromatic rings. The summed E-state index contributed by atoms with van der Waals surface area (Å²) in [6.45, 7) is 3.81. The zero-order chi connectivity index (χ0) is 18.0. The lowest BCUT2D eigenvalue weighted by Crippen LogP contribution is -2.07. The number of nitrogens with zero attached hydrogens (tertiary/aromatic N) is 3. The van der Waals surface area contributed by atoms with Gasteiger partial charge in [-0.25, -0.2) is 14.5 Å². The van der Waals surface area contributed by atoms with Crippen molar-refractivity contribution in [2.24, 2.45) is 0 Å². The number of hydrogen-bond donors (Lipinski definition) is 1. The van der Waals surface area contributed by atoms with Crippen LogP contribution in [0.3, 0.4) is 0 Å². The van der Waals surface area contributed by atoms with Gasteiger partial charge in [0.1, 0.15) is 5.56 Å². The van der Waals surface area contributed by atoms with E-state index in [-0.39, 0.29) is 6.61 Å². The molecule has 3 heterocycles. The number of halogens is 1. The van der Waals surface area contributed by atoms with Crippen molar-refractivity contribution in [2.75, 3.05) is 6.61 Å². The van der Waals surface area contributed by atoms with Crippen LogP contribution in [0.1, 0.15) is 28.5 Å². The van der Waals surface area contributed by atoms with E-state index in [0.717, 1.165) is 20.6 Å². The quantitative estimate of drug-likeness (QED) is 0.634. The van der Waals surface area contributed by atoms with Crippen molar-refractivity contribution in [3.05, 3.63) is 51.1 Å². The number of thiophene rings is 1. The minimum atomic E-state index is -0.396. The first-order chi connectivity index (χ1) is 12.1. The smallest absolute Gasteiger partial charge is 0.341 e. The fraction of sp³-hybridized carbons (Fsp3) is 0.235. The lowest BCUT2D eigenvalue weighted by Gasteiger charge is -2.07. The second kappa shape index (κ2) is 7.47. The second-order valence-corrected chi connectivity index (χ2v) is 6.94. The van der Waals surface area contributed by atoms with E-state index in [0.29, 0.717) is 23.7 Å². The summed E-state index contributed by atoms with van der Waals surface area (Å²) in [4.78, 5) is 17.5. The fourth-order valence-electron chi connectivity index (χ4n) is 2.44. The third kappa shape index (κ3) is 3.37. The van der Waals surface area contributed by atoms with Gasteiger partial charge in [-0.15, -0.1) is 11.3 Å². The first-order valence-electron chi connectivity index (χ1n) is 7.63. The minimum absolute atomic E-state index is 0.0703. The van der Waals surface area contributed by atoms with Crippen molar-refractivity contribution in [3.63, 3.8) is 0 Å². The Morgan fingerprint density at radius 2 is 2.24 bits per heavy atom. The molecule has 0 saturated heterocycles. The Kier molecular flexibility index (Phi) is 5.31. The van der Waals surface area contributed by atoms with E-state index in [1.54, 1.807) is 18.5 Å². The average Bonchev–Trinajstić information content (AvgIpc) is 3.17. The summed E-state index contributed by atoms with van der Waals surface area (Å²) in [6.07, 6.45) is 1.49. The van der Waals surface area contributed by atoms with Crippen molar-refractivity contribution in [1.82, 2.24) is 14.8 Å². The van der Waals surface area contributed by atoms with Gasteiger partial charge < -0.3 is 9.84 Å². The highest BCUT2D eigenvalue weighted by Crippen LogP contribution is 2.35. The number of ether oxygens (including phenoxy) is 1. The van der Waals surface area contributed by atoms with Gasteiger partial charge in [-0.05, 0) is 41.9 Å². The Balaban J connectivity index is 2.01. The van der Waals surface area contributed by atoms with Gasteiger partial charge >= 0.3 is 5.97 Å². The Bertz CT molecular complexity index is 920. The molecule has 0 bridgehead atoms. The van der Waals surface area contributed by atoms with Crippen LogP contribution in [0.5, 0.6) is 0 Å². The lowest BCUT2D eigenvalue weighted by atomic mass is 10.2. The van der Waals surface area contributed by atoms with Gasteiger partial charge in [0.2, 0.25) is 0 Å². The number of aliphatic hydroxyl groups excluding tert-OH is 1.